The van der Waals surface area contributed by atoms with Gasteiger partial charge < -0.3 is 4.90 Å². The second-order valence-corrected chi connectivity index (χ2v) is 5.39. The lowest BCUT2D eigenvalue weighted by molar-refractivity contribution is 0.486. The minimum Gasteiger partial charge on any atom is -0.337 e. The first kappa shape index (κ1) is 13.7. The number of hydrogen-bond donors (Lipinski definition) is 2. The van der Waals surface area contributed by atoms with Crippen molar-refractivity contribution in [2.24, 2.45) is 11.8 Å². The molecule has 3 N–H and O–H groups in total. The first-order chi connectivity index (χ1) is 10.2. The van der Waals surface area contributed by atoms with Gasteiger partial charge in [-0.2, -0.15) is 24.7 Å². The molecule has 1 aliphatic rings. The molecule has 21 heavy (non-hydrogen) atoms. The van der Waals surface area contributed by atoms with Crippen LogP contribution in [0.3, 0.4) is 0 Å². The molecule has 0 bridgehead atoms. The van der Waals surface area contributed by atoms with Crippen LogP contribution in [0.25, 0.3) is 5.95 Å². The summed E-state index contributed by atoms with van der Waals surface area (Å²) in [5, 5.41) is 4.05. The van der Waals surface area contributed by atoms with Crippen LogP contribution in [-0.2, 0) is 0 Å². The number of aromatic nitrogens is 6. The Morgan fingerprint density at radius 1 is 1.29 bits per heavy atom. The average molecular weight is 289 g/mol. The summed E-state index contributed by atoms with van der Waals surface area (Å²) in [6, 6.07) is 0.432. The van der Waals surface area contributed by atoms with Gasteiger partial charge in [0.25, 0.3) is 5.95 Å². The predicted molar refractivity (Wildman–Crippen MR) is 77.8 cm³/mol. The normalized spacial score (nSPS) is 18.5. The first-order valence-electron chi connectivity index (χ1n) is 7.03. The maximum Gasteiger partial charge on any atom is 0.258 e. The Morgan fingerprint density at radius 2 is 2.10 bits per heavy atom. The number of nitrogens with one attached hydrogen (secondary N) is 1. The van der Waals surface area contributed by atoms with Gasteiger partial charge >= 0.3 is 0 Å². The molecule has 0 amide bonds. The SMILES string of the molecule is CC(C)C1CCCN1c1nc(NN)nc(-n2cncn2)n1. The van der Waals surface area contributed by atoms with Crippen molar-refractivity contribution in [2.45, 2.75) is 32.7 Å². The standard InChI is InChI=1S/C12H19N9/c1-8(2)9-4-3-5-20(9)11-16-10(19-13)17-12(18-11)21-7-14-6-15-21/h6-9H,3-5,13H2,1-2H3,(H,16,17,18,19). The molecule has 0 saturated carbocycles. The van der Waals surface area contributed by atoms with E-state index >= 15 is 0 Å². The van der Waals surface area contributed by atoms with Crippen LogP contribution in [0.1, 0.15) is 26.7 Å². The van der Waals surface area contributed by atoms with Gasteiger partial charge in [-0.1, -0.05) is 13.8 Å². The number of nitrogens with two attached hydrogens (primary N) is 1. The molecular weight excluding hydrogens is 270 g/mol. The minimum absolute atomic E-state index is 0.319. The molecule has 112 valence electrons. The van der Waals surface area contributed by atoms with Crippen molar-refractivity contribution in [3.05, 3.63) is 12.7 Å². The van der Waals surface area contributed by atoms with Crippen molar-refractivity contribution in [2.75, 3.05) is 16.9 Å². The molecule has 9 heteroatoms. The van der Waals surface area contributed by atoms with E-state index in [1.807, 2.05) is 0 Å². The molecule has 1 fully saturated rings. The fourth-order valence-corrected chi connectivity index (χ4v) is 2.69. The van der Waals surface area contributed by atoms with Crippen molar-refractivity contribution in [3.8, 4) is 5.95 Å². The average Bonchev–Trinajstić information content (AvgIpc) is 3.17. The third-order valence-corrected chi connectivity index (χ3v) is 3.69. The summed E-state index contributed by atoms with van der Waals surface area (Å²) in [4.78, 5) is 19.2. The topological polar surface area (TPSA) is 111 Å². The Labute approximate surface area is 122 Å². The molecule has 2 aromatic rings. The van der Waals surface area contributed by atoms with Crippen LogP contribution in [0.2, 0.25) is 0 Å². The van der Waals surface area contributed by atoms with Gasteiger partial charge in [-0.25, -0.2) is 10.8 Å². The number of hydrogen-bond acceptors (Lipinski definition) is 8. The summed E-state index contributed by atoms with van der Waals surface area (Å²) < 4.78 is 1.49. The highest BCUT2D eigenvalue weighted by Crippen LogP contribution is 2.27. The van der Waals surface area contributed by atoms with Crippen molar-refractivity contribution in [1.82, 2.24) is 29.7 Å². The lowest BCUT2D eigenvalue weighted by atomic mass is 10.0. The fourth-order valence-electron chi connectivity index (χ4n) is 2.69. The predicted octanol–water partition coefficient (Wildman–Crippen LogP) is 0.363. The van der Waals surface area contributed by atoms with E-state index in [0.717, 1.165) is 19.4 Å². The van der Waals surface area contributed by atoms with Crippen molar-refractivity contribution >= 4 is 11.9 Å². The lowest BCUT2D eigenvalue weighted by Gasteiger charge is -2.27. The van der Waals surface area contributed by atoms with Crippen LogP contribution in [0.15, 0.2) is 12.7 Å². The Kier molecular flexibility index (Phi) is 3.65. The molecule has 1 saturated heterocycles. The van der Waals surface area contributed by atoms with E-state index < -0.39 is 0 Å². The minimum atomic E-state index is 0.319. The second-order valence-electron chi connectivity index (χ2n) is 5.39. The molecule has 0 radical (unpaired) electrons. The number of anilines is 2. The lowest BCUT2D eigenvalue weighted by Crippen LogP contribution is -2.35. The zero-order valence-corrected chi connectivity index (χ0v) is 12.1. The van der Waals surface area contributed by atoms with E-state index in [9.17, 15) is 0 Å². The summed E-state index contributed by atoms with van der Waals surface area (Å²) in [7, 11) is 0. The molecule has 0 aromatic carbocycles. The van der Waals surface area contributed by atoms with Crippen molar-refractivity contribution in [1.29, 1.82) is 0 Å². The zero-order chi connectivity index (χ0) is 14.8. The van der Waals surface area contributed by atoms with E-state index in [-0.39, 0.29) is 0 Å². The second kappa shape index (κ2) is 5.60. The molecule has 1 aliphatic heterocycles. The molecule has 3 rings (SSSR count). The smallest absolute Gasteiger partial charge is 0.258 e. The summed E-state index contributed by atoms with van der Waals surface area (Å²) in [6.45, 7) is 5.36. The van der Waals surface area contributed by atoms with Gasteiger partial charge in [-0.3, -0.25) is 5.43 Å². The summed E-state index contributed by atoms with van der Waals surface area (Å²) >= 11 is 0. The Morgan fingerprint density at radius 3 is 2.76 bits per heavy atom. The van der Waals surface area contributed by atoms with E-state index in [4.69, 9.17) is 5.84 Å². The quantitative estimate of drug-likeness (QED) is 0.613. The zero-order valence-electron chi connectivity index (χ0n) is 12.1. The highest BCUT2D eigenvalue weighted by molar-refractivity contribution is 5.41. The van der Waals surface area contributed by atoms with Gasteiger partial charge in [0, 0.05) is 12.6 Å². The van der Waals surface area contributed by atoms with Gasteiger partial charge in [-0.05, 0) is 18.8 Å². The number of nitrogen functional groups attached to an aromatic ring is 1. The van der Waals surface area contributed by atoms with Gasteiger partial charge in [0.05, 0.1) is 0 Å². The summed E-state index contributed by atoms with van der Waals surface area (Å²) in [5.74, 6) is 7.35. The van der Waals surface area contributed by atoms with Crippen LogP contribution in [0.5, 0.6) is 0 Å². The number of rotatable bonds is 4. The van der Waals surface area contributed by atoms with E-state index in [1.165, 1.54) is 11.0 Å². The molecular formula is C12H19N9. The monoisotopic (exact) mass is 289 g/mol. The van der Waals surface area contributed by atoms with Crippen LogP contribution in [0, 0.1) is 5.92 Å². The van der Waals surface area contributed by atoms with Crippen LogP contribution < -0.4 is 16.2 Å². The molecule has 1 unspecified atom stereocenters. The Hall–Kier alpha value is -2.29. The fraction of sp³-hybridized carbons (Fsp3) is 0.583. The maximum atomic E-state index is 5.47. The first-order valence-corrected chi connectivity index (χ1v) is 7.03. The highest BCUT2D eigenvalue weighted by Gasteiger charge is 2.29. The Balaban J connectivity index is 2.00. The van der Waals surface area contributed by atoms with Gasteiger partial charge in [0.15, 0.2) is 0 Å². The molecule has 0 aliphatic carbocycles. The molecule has 0 spiro atoms. The third kappa shape index (κ3) is 2.64. The van der Waals surface area contributed by atoms with Crippen LogP contribution >= 0.6 is 0 Å². The van der Waals surface area contributed by atoms with Crippen molar-refractivity contribution in [3.63, 3.8) is 0 Å². The van der Waals surface area contributed by atoms with E-state index in [1.54, 1.807) is 6.33 Å². The molecule has 1 atom stereocenters. The number of hydrazine groups is 1. The largest absolute Gasteiger partial charge is 0.337 e. The third-order valence-electron chi connectivity index (χ3n) is 3.69. The van der Waals surface area contributed by atoms with Gasteiger partial charge in [-0.15, -0.1) is 0 Å². The van der Waals surface area contributed by atoms with Crippen molar-refractivity contribution < 1.29 is 0 Å². The summed E-state index contributed by atoms with van der Waals surface area (Å²) in [6.07, 6.45) is 5.26. The number of nitrogens with zero attached hydrogens (tertiary/aromatic N) is 7. The Bertz CT molecular complexity index is 595. The molecule has 9 nitrogen and oxygen atoms in total. The maximum absolute atomic E-state index is 5.47. The van der Waals surface area contributed by atoms with Crippen LogP contribution in [0.4, 0.5) is 11.9 Å². The highest BCUT2D eigenvalue weighted by atomic mass is 15.4. The summed E-state index contributed by atoms with van der Waals surface area (Å²) in [5.41, 5.74) is 2.49. The van der Waals surface area contributed by atoms with E-state index in [0.29, 0.717) is 29.8 Å². The van der Waals surface area contributed by atoms with Gasteiger partial charge in [0.2, 0.25) is 11.9 Å². The molecule has 3 heterocycles. The van der Waals surface area contributed by atoms with Crippen LogP contribution in [-0.4, -0.2) is 42.3 Å². The van der Waals surface area contributed by atoms with Gasteiger partial charge in [0.1, 0.15) is 12.7 Å². The molecule has 2 aromatic heterocycles. The van der Waals surface area contributed by atoms with E-state index in [2.05, 4.69) is 49.2 Å².